The van der Waals surface area contributed by atoms with Crippen LogP contribution in [-0.2, 0) is 0 Å². The number of rotatable bonds is 1. The second-order valence-corrected chi connectivity index (χ2v) is 4.55. The molecule has 2 heterocycles. The predicted octanol–water partition coefficient (Wildman–Crippen LogP) is 0.920. The predicted molar refractivity (Wildman–Crippen MR) is 60.7 cm³/mol. The van der Waals surface area contributed by atoms with Crippen LogP contribution in [0.1, 0.15) is 5.69 Å². The number of hydrogen-bond donors (Lipinski definition) is 1. The van der Waals surface area contributed by atoms with Gasteiger partial charge in [-0.1, -0.05) is 0 Å². The first kappa shape index (κ1) is 9.58. The molecule has 1 aromatic heterocycles. The van der Waals surface area contributed by atoms with Crippen molar-refractivity contribution in [2.24, 2.45) is 0 Å². The number of nitrogen functional groups attached to an aromatic ring is 1. The van der Waals surface area contributed by atoms with E-state index in [0.29, 0.717) is 5.95 Å². The second kappa shape index (κ2) is 4.04. The number of nitrogens with zero attached hydrogens (tertiary/aromatic N) is 3. The van der Waals surface area contributed by atoms with E-state index in [1.807, 2.05) is 24.8 Å². The Kier molecular flexibility index (Phi) is 2.77. The van der Waals surface area contributed by atoms with Gasteiger partial charge in [0.15, 0.2) is 0 Å². The maximum Gasteiger partial charge on any atom is 0.222 e. The first-order chi connectivity index (χ1) is 6.75. The van der Waals surface area contributed by atoms with Crippen molar-refractivity contribution in [1.29, 1.82) is 0 Å². The van der Waals surface area contributed by atoms with E-state index in [2.05, 4.69) is 14.9 Å². The Bertz CT molecular complexity index is 302. The molecule has 1 aliphatic heterocycles. The molecule has 14 heavy (non-hydrogen) atoms. The topological polar surface area (TPSA) is 55.0 Å². The van der Waals surface area contributed by atoms with Crippen LogP contribution in [0.15, 0.2) is 6.07 Å². The van der Waals surface area contributed by atoms with E-state index in [0.717, 1.165) is 24.6 Å². The highest BCUT2D eigenvalue weighted by molar-refractivity contribution is 7.99. The molecule has 1 aromatic rings. The lowest BCUT2D eigenvalue weighted by Gasteiger charge is -2.27. The lowest BCUT2D eigenvalue weighted by atomic mass is 10.4. The van der Waals surface area contributed by atoms with Crippen molar-refractivity contribution < 1.29 is 0 Å². The Labute approximate surface area is 87.9 Å². The molecule has 2 rings (SSSR count). The summed E-state index contributed by atoms with van der Waals surface area (Å²) in [5.74, 6) is 3.68. The Hall–Kier alpha value is -0.970. The molecule has 5 heteroatoms. The van der Waals surface area contributed by atoms with E-state index in [4.69, 9.17) is 5.73 Å². The van der Waals surface area contributed by atoms with E-state index < -0.39 is 0 Å². The number of aryl methyl sites for hydroxylation is 1. The molecule has 4 nitrogen and oxygen atoms in total. The van der Waals surface area contributed by atoms with Gasteiger partial charge in [0.05, 0.1) is 0 Å². The minimum atomic E-state index is 0.373. The Morgan fingerprint density at radius 1 is 1.36 bits per heavy atom. The summed E-state index contributed by atoms with van der Waals surface area (Å²) >= 11 is 1.99. The lowest BCUT2D eigenvalue weighted by Crippen LogP contribution is -2.33. The van der Waals surface area contributed by atoms with Crippen LogP contribution < -0.4 is 10.6 Å². The molecular weight excluding hydrogens is 196 g/mol. The maximum atomic E-state index is 5.61. The van der Waals surface area contributed by atoms with Crippen molar-refractivity contribution in [3.05, 3.63) is 11.8 Å². The van der Waals surface area contributed by atoms with Gasteiger partial charge < -0.3 is 10.6 Å². The SMILES string of the molecule is Cc1cc(N2CCSCC2)nc(N)n1. The average molecular weight is 210 g/mol. The molecule has 1 fully saturated rings. The molecule has 1 aliphatic rings. The molecule has 2 N–H and O–H groups in total. The van der Waals surface area contributed by atoms with Crippen LogP contribution in [0, 0.1) is 6.92 Å². The van der Waals surface area contributed by atoms with Gasteiger partial charge in [0.25, 0.3) is 0 Å². The smallest absolute Gasteiger partial charge is 0.222 e. The quantitative estimate of drug-likeness (QED) is 0.747. The molecule has 0 saturated carbocycles. The van der Waals surface area contributed by atoms with Crippen LogP contribution in [0.5, 0.6) is 0 Å². The van der Waals surface area contributed by atoms with Crippen molar-refractivity contribution in [3.8, 4) is 0 Å². The van der Waals surface area contributed by atoms with Crippen LogP contribution in [0.25, 0.3) is 0 Å². The zero-order valence-corrected chi connectivity index (χ0v) is 9.05. The monoisotopic (exact) mass is 210 g/mol. The van der Waals surface area contributed by atoms with E-state index in [1.165, 1.54) is 11.5 Å². The second-order valence-electron chi connectivity index (χ2n) is 3.33. The van der Waals surface area contributed by atoms with Gasteiger partial charge in [-0.3, -0.25) is 0 Å². The normalized spacial score (nSPS) is 17.1. The number of aromatic nitrogens is 2. The molecular formula is C9H14N4S. The molecule has 0 aromatic carbocycles. The summed E-state index contributed by atoms with van der Waals surface area (Å²) in [4.78, 5) is 10.6. The van der Waals surface area contributed by atoms with Crippen LogP contribution in [0.3, 0.4) is 0 Å². The first-order valence-corrected chi connectivity index (χ1v) is 5.85. The Morgan fingerprint density at radius 3 is 2.71 bits per heavy atom. The van der Waals surface area contributed by atoms with E-state index in [9.17, 15) is 0 Å². The third kappa shape index (κ3) is 2.09. The minimum absolute atomic E-state index is 0.373. The molecule has 0 radical (unpaired) electrons. The van der Waals surface area contributed by atoms with Gasteiger partial charge in [-0.2, -0.15) is 16.7 Å². The fourth-order valence-electron chi connectivity index (χ4n) is 1.53. The standard InChI is InChI=1S/C9H14N4S/c1-7-6-8(12-9(10)11-7)13-2-4-14-5-3-13/h6H,2-5H2,1H3,(H2,10,11,12). The lowest BCUT2D eigenvalue weighted by molar-refractivity contribution is 0.834. The summed E-state index contributed by atoms with van der Waals surface area (Å²) in [5.41, 5.74) is 6.55. The zero-order valence-electron chi connectivity index (χ0n) is 8.23. The van der Waals surface area contributed by atoms with Crippen LogP contribution in [0.4, 0.5) is 11.8 Å². The van der Waals surface area contributed by atoms with Crippen molar-refractivity contribution in [1.82, 2.24) is 9.97 Å². The van der Waals surface area contributed by atoms with Gasteiger partial charge in [-0.15, -0.1) is 0 Å². The summed E-state index contributed by atoms with van der Waals surface area (Å²) in [6, 6.07) is 1.99. The van der Waals surface area contributed by atoms with Crippen molar-refractivity contribution in [2.75, 3.05) is 35.2 Å². The van der Waals surface area contributed by atoms with Gasteiger partial charge in [-0.05, 0) is 6.92 Å². The highest BCUT2D eigenvalue weighted by Crippen LogP contribution is 2.18. The summed E-state index contributed by atoms with van der Waals surface area (Å²) in [7, 11) is 0. The number of anilines is 2. The third-order valence-corrected chi connectivity index (χ3v) is 3.14. The third-order valence-electron chi connectivity index (χ3n) is 2.19. The first-order valence-electron chi connectivity index (χ1n) is 4.69. The summed E-state index contributed by atoms with van der Waals surface area (Å²) < 4.78 is 0. The van der Waals surface area contributed by atoms with Gasteiger partial charge in [0, 0.05) is 36.4 Å². The minimum Gasteiger partial charge on any atom is -0.368 e. The number of nitrogens with two attached hydrogens (primary N) is 1. The molecule has 0 bridgehead atoms. The zero-order chi connectivity index (χ0) is 9.97. The van der Waals surface area contributed by atoms with E-state index in [-0.39, 0.29) is 0 Å². The van der Waals surface area contributed by atoms with Crippen molar-refractivity contribution in [2.45, 2.75) is 6.92 Å². The van der Waals surface area contributed by atoms with E-state index >= 15 is 0 Å². The fraction of sp³-hybridized carbons (Fsp3) is 0.556. The van der Waals surface area contributed by atoms with Crippen LogP contribution >= 0.6 is 11.8 Å². The van der Waals surface area contributed by atoms with E-state index in [1.54, 1.807) is 0 Å². The molecule has 76 valence electrons. The number of thioether (sulfide) groups is 1. The van der Waals surface area contributed by atoms with Crippen LogP contribution in [0.2, 0.25) is 0 Å². The molecule has 0 unspecified atom stereocenters. The van der Waals surface area contributed by atoms with Gasteiger partial charge in [0.2, 0.25) is 5.95 Å². The van der Waals surface area contributed by atoms with Gasteiger partial charge in [0.1, 0.15) is 5.82 Å². The molecule has 0 amide bonds. The molecule has 0 spiro atoms. The molecule has 0 atom stereocenters. The summed E-state index contributed by atoms with van der Waals surface area (Å²) in [5, 5.41) is 0. The molecule has 0 aliphatic carbocycles. The summed E-state index contributed by atoms with van der Waals surface area (Å²) in [6.45, 7) is 4.06. The van der Waals surface area contributed by atoms with Gasteiger partial charge >= 0.3 is 0 Å². The highest BCUT2D eigenvalue weighted by atomic mass is 32.2. The van der Waals surface area contributed by atoms with Crippen molar-refractivity contribution >= 4 is 23.5 Å². The van der Waals surface area contributed by atoms with Gasteiger partial charge in [-0.25, -0.2) is 4.98 Å². The average Bonchev–Trinajstić information content (AvgIpc) is 2.18. The summed E-state index contributed by atoms with van der Waals surface area (Å²) in [6.07, 6.45) is 0. The van der Waals surface area contributed by atoms with Crippen molar-refractivity contribution in [3.63, 3.8) is 0 Å². The maximum absolute atomic E-state index is 5.61. The Balaban J connectivity index is 2.21. The highest BCUT2D eigenvalue weighted by Gasteiger charge is 2.13. The Morgan fingerprint density at radius 2 is 2.07 bits per heavy atom. The number of hydrogen-bond acceptors (Lipinski definition) is 5. The fourth-order valence-corrected chi connectivity index (χ4v) is 2.43. The molecule has 1 saturated heterocycles. The largest absolute Gasteiger partial charge is 0.368 e. The van der Waals surface area contributed by atoms with Crippen LogP contribution in [-0.4, -0.2) is 34.6 Å².